The van der Waals surface area contributed by atoms with Crippen LogP contribution in [0.25, 0.3) is 5.69 Å². The van der Waals surface area contributed by atoms with Gasteiger partial charge in [-0.2, -0.15) is 5.10 Å². The quantitative estimate of drug-likeness (QED) is 0.792. The van der Waals surface area contributed by atoms with Gasteiger partial charge in [0.25, 0.3) is 0 Å². The monoisotopic (exact) mass is 337 g/mol. The fraction of sp³-hybridized carbons (Fsp3) is 0.444. The van der Waals surface area contributed by atoms with Crippen molar-refractivity contribution in [3.63, 3.8) is 0 Å². The van der Waals surface area contributed by atoms with Gasteiger partial charge in [-0.3, -0.25) is 10.00 Å². The number of aryl methyl sites for hydroxylation is 1. The molecular formula is C18H23N7. The van der Waals surface area contributed by atoms with Gasteiger partial charge in [0.1, 0.15) is 5.82 Å². The lowest BCUT2D eigenvalue weighted by molar-refractivity contribution is 0.157. The second kappa shape index (κ2) is 6.76. The summed E-state index contributed by atoms with van der Waals surface area (Å²) >= 11 is 0. The molecule has 3 heterocycles. The SMILES string of the molecule is Cc1nc(C2CCN([C@H](C)c3cn(-c4ccccc4)nn3)CC2)n[nH]1. The number of piperidine rings is 1. The summed E-state index contributed by atoms with van der Waals surface area (Å²) in [4.78, 5) is 6.96. The van der Waals surface area contributed by atoms with E-state index in [1.54, 1.807) is 0 Å². The number of benzene rings is 1. The van der Waals surface area contributed by atoms with E-state index in [-0.39, 0.29) is 6.04 Å². The molecule has 0 saturated carbocycles. The van der Waals surface area contributed by atoms with Gasteiger partial charge in [0.05, 0.1) is 23.6 Å². The maximum Gasteiger partial charge on any atom is 0.153 e. The van der Waals surface area contributed by atoms with Crippen LogP contribution in [0.15, 0.2) is 36.5 Å². The molecule has 4 rings (SSSR count). The molecule has 1 aromatic carbocycles. The first-order chi connectivity index (χ1) is 12.2. The lowest BCUT2D eigenvalue weighted by atomic mass is 9.95. The lowest BCUT2D eigenvalue weighted by Gasteiger charge is -2.34. The second-order valence-electron chi connectivity index (χ2n) is 6.69. The van der Waals surface area contributed by atoms with Gasteiger partial charge in [-0.05, 0) is 51.9 Å². The molecule has 3 aromatic rings. The van der Waals surface area contributed by atoms with Gasteiger partial charge in [-0.15, -0.1) is 5.10 Å². The van der Waals surface area contributed by atoms with Gasteiger partial charge in [-0.25, -0.2) is 9.67 Å². The van der Waals surface area contributed by atoms with Gasteiger partial charge in [0, 0.05) is 5.92 Å². The largest absolute Gasteiger partial charge is 0.295 e. The summed E-state index contributed by atoms with van der Waals surface area (Å²) in [5.74, 6) is 2.30. The highest BCUT2D eigenvalue weighted by molar-refractivity contribution is 5.30. The van der Waals surface area contributed by atoms with Crippen LogP contribution in [0.1, 0.15) is 49.1 Å². The number of aromatic nitrogens is 6. The van der Waals surface area contributed by atoms with Crippen LogP contribution in [-0.4, -0.2) is 48.2 Å². The Bertz CT molecular complexity index is 815. The predicted octanol–water partition coefficient (Wildman–Crippen LogP) is 2.63. The number of likely N-dealkylation sites (tertiary alicyclic amines) is 1. The Morgan fingerprint density at radius 2 is 1.92 bits per heavy atom. The van der Waals surface area contributed by atoms with Crippen LogP contribution in [0.3, 0.4) is 0 Å². The van der Waals surface area contributed by atoms with Crippen LogP contribution < -0.4 is 0 Å². The van der Waals surface area contributed by atoms with Crippen molar-refractivity contribution in [3.05, 3.63) is 53.9 Å². The van der Waals surface area contributed by atoms with Crippen LogP contribution >= 0.6 is 0 Å². The van der Waals surface area contributed by atoms with E-state index in [4.69, 9.17) is 0 Å². The first-order valence-electron chi connectivity index (χ1n) is 8.81. The zero-order chi connectivity index (χ0) is 17.2. The second-order valence-corrected chi connectivity index (χ2v) is 6.69. The first kappa shape index (κ1) is 16.0. The Balaban J connectivity index is 1.41. The van der Waals surface area contributed by atoms with Crippen molar-refractivity contribution in [3.8, 4) is 5.69 Å². The van der Waals surface area contributed by atoms with Crippen LogP contribution in [0.5, 0.6) is 0 Å². The molecule has 2 aromatic heterocycles. The minimum absolute atomic E-state index is 0.257. The average Bonchev–Trinajstić information content (AvgIpc) is 3.31. The molecule has 0 radical (unpaired) electrons. The van der Waals surface area contributed by atoms with Crippen molar-refractivity contribution in [1.82, 2.24) is 35.1 Å². The summed E-state index contributed by atoms with van der Waals surface area (Å²) in [5.41, 5.74) is 2.04. The minimum atomic E-state index is 0.257. The molecule has 1 N–H and O–H groups in total. The van der Waals surface area contributed by atoms with Gasteiger partial charge in [-0.1, -0.05) is 23.4 Å². The predicted molar refractivity (Wildman–Crippen MR) is 94.4 cm³/mol. The molecule has 7 heteroatoms. The Hall–Kier alpha value is -2.54. The van der Waals surface area contributed by atoms with E-state index in [1.807, 2.05) is 48.1 Å². The number of rotatable bonds is 4. The van der Waals surface area contributed by atoms with Gasteiger partial charge in [0.2, 0.25) is 0 Å². The molecule has 7 nitrogen and oxygen atoms in total. The Morgan fingerprint density at radius 1 is 1.16 bits per heavy atom. The summed E-state index contributed by atoms with van der Waals surface area (Å²) in [6, 6.07) is 10.4. The zero-order valence-electron chi connectivity index (χ0n) is 14.6. The zero-order valence-corrected chi connectivity index (χ0v) is 14.6. The number of H-pyrrole nitrogens is 1. The number of aromatic amines is 1. The standard InChI is InChI=1S/C18H23N7/c1-13(17-12-25(23-21-17)16-6-4-3-5-7-16)24-10-8-15(9-11-24)18-19-14(2)20-22-18/h3-7,12-13,15H,8-11H2,1-2H3,(H,19,20,22)/t13-/m1/s1. The Kier molecular flexibility index (Phi) is 4.31. The van der Waals surface area contributed by atoms with Crippen LogP contribution in [0.2, 0.25) is 0 Å². The van der Waals surface area contributed by atoms with E-state index in [1.165, 1.54) is 0 Å². The topological polar surface area (TPSA) is 75.5 Å². The Morgan fingerprint density at radius 3 is 2.60 bits per heavy atom. The summed E-state index contributed by atoms with van der Waals surface area (Å²) in [7, 11) is 0. The highest BCUT2D eigenvalue weighted by Gasteiger charge is 2.27. The number of nitrogens with zero attached hydrogens (tertiary/aromatic N) is 6. The lowest BCUT2D eigenvalue weighted by Crippen LogP contribution is -2.35. The summed E-state index contributed by atoms with van der Waals surface area (Å²) in [6.45, 7) is 6.20. The molecule has 0 amide bonds. The summed E-state index contributed by atoms with van der Waals surface area (Å²) < 4.78 is 1.84. The first-order valence-corrected chi connectivity index (χ1v) is 8.81. The highest BCUT2D eigenvalue weighted by atomic mass is 15.4. The van der Waals surface area contributed by atoms with Crippen LogP contribution in [-0.2, 0) is 0 Å². The average molecular weight is 337 g/mol. The normalized spacial score (nSPS) is 17.7. The summed E-state index contributed by atoms with van der Waals surface area (Å²) in [5, 5.41) is 15.9. The molecule has 130 valence electrons. The fourth-order valence-corrected chi connectivity index (χ4v) is 3.45. The van der Waals surface area contributed by atoms with Crippen molar-refractivity contribution < 1.29 is 0 Å². The fourth-order valence-electron chi connectivity index (χ4n) is 3.45. The van der Waals surface area contributed by atoms with E-state index in [0.717, 1.165) is 49.0 Å². The van der Waals surface area contributed by atoms with Crippen molar-refractivity contribution >= 4 is 0 Å². The van der Waals surface area contributed by atoms with Crippen molar-refractivity contribution in [2.45, 2.75) is 38.6 Å². The number of hydrogen-bond donors (Lipinski definition) is 1. The van der Waals surface area contributed by atoms with Crippen LogP contribution in [0.4, 0.5) is 0 Å². The van der Waals surface area contributed by atoms with Crippen LogP contribution in [0, 0.1) is 6.92 Å². The third kappa shape index (κ3) is 3.32. The molecule has 1 saturated heterocycles. The smallest absolute Gasteiger partial charge is 0.153 e. The summed E-state index contributed by atoms with van der Waals surface area (Å²) in [6.07, 6.45) is 4.19. The third-order valence-corrected chi connectivity index (χ3v) is 5.02. The molecule has 1 atom stereocenters. The maximum atomic E-state index is 4.49. The van der Waals surface area contributed by atoms with Gasteiger partial charge in [0.15, 0.2) is 5.82 Å². The van der Waals surface area contributed by atoms with Crippen molar-refractivity contribution in [2.24, 2.45) is 0 Å². The highest BCUT2D eigenvalue weighted by Crippen LogP contribution is 2.30. The van der Waals surface area contributed by atoms with Gasteiger partial charge >= 0.3 is 0 Å². The minimum Gasteiger partial charge on any atom is -0.295 e. The molecule has 25 heavy (non-hydrogen) atoms. The van der Waals surface area contributed by atoms with E-state index >= 15 is 0 Å². The van der Waals surface area contributed by atoms with E-state index < -0.39 is 0 Å². The molecule has 0 unspecified atom stereocenters. The van der Waals surface area contributed by atoms with E-state index in [9.17, 15) is 0 Å². The number of para-hydroxylation sites is 1. The molecular weight excluding hydrogens is 314 g/mol. The third-order valence-electron chi connectivity index (χ3n) is 5.02. The molecule has 1 fully saturated rings. The number of nitrogens with one attached hydrogen (secondary N) is 1. The maximum absolute atomic E-state index is 4.49. The van der Waals surface area contributed by atoms with E-state index in [2.05, 4.69) is 37.3 Å². The van der Waals surface area contributed by atoms with Crippen molar-refractivity contribution in [1.29, 1.82) is 0 Å². The molecule has 1 aliphatic rings. The molecule has 0 spiro atoms. The Labute approximate surface area is 147 Å². The van der Waals surface area contributed by atoms with Gasteiger partial charge < -0.3 is 0 Å². The number of hydrogen-bond acceptors (Lipinski definition) is 5. The van der Waals surface area contributed by atoms with E-state index in [0.29, 0.717) is 5.92 Å². The molecule has 1 aliphatic heterocycles. The van der Waals surface area contributed by atoms with Crippen molar-refractivity contribution in [2.75, 3.05) is 13.1 Å². The molecule has 0 bridgehead atoms. The molecule has 0 aliphatic carbocycles.